The summed E-state index contributed by atoms with van der Waals surface area (Å²) >= 11 is 0. The van der Waals surface area contributed by atoms with Gasteiger partial charge in [0, 0.05) is 5.56 Å². The number of unbranched alkanes of at least 4 members (excludes halogenated alkanes) is 2. The molecule has 0 bridgehead atoms. The van der Waals surface area contributed by atoms with E-state index in [1.54, 1.807) is 6.08 Å². The Bertz CT molecular complexity index is 878. The van der Waals surface area contributed by atoms with Gasteiger partial charge in [0.2, 0.25) is 5.78 Å². The third kappa shape index (κ3) is 6.82. The number of aliphatic hydroxyl groups is 1. The number of Topliss-reactive ketones (excluding diaryl/α,β-unsaturated/α-hetero) is 1. The molecule has 0 saturated heterocycles. The van der Waals surface area contributed by atoms with Gasteiger partial charge < -0.3 is 5.11 Å². The highest BCUT2D eigenvalue weighted by Crippen LogP contribution is 2.29. The molecule has 0 spiro atoms. The maximum Gasteiger partial charge on any atom is 0.227 e. The van der Waals surface area contributed by atoms with Gasteiger partial charge in [-0.2, -0.15) is 0 Å². The second-order valence-electron chi connectivity index (χ2n) is 8.85. The molecule has 1 N–H and O–H groups in total. The van der Waals surface area contributed by atoms with Crippen LogP contribution in [0.25, 0.3) is 6.08 Å². The quantitative estimate of drug-likeness (QED) is 0.212. The van der Waals surface area contributed by atoms with Crippen LogP contribution in [0, 0.1) is 0 Å². The average molecular weight is 421 g/mol. The van der Waals surface area contributed by atoms with Gasteiger partial charge >= 0.3 is 0 Å². The Morgan fingerprint density at radius 1 is 0.903 bits per heavy atom. The SMILES string of the molecule is CCCCC(C)c1ccc(CC)cc1C=C(O)C(=O)c1ccccc1C(C)CCCC. The molecule has 168 valence electrons. The second-order valence-corrected chi connectivity index (χ2v) is 8.85. The van der Waals surface area contributed by atoms with Crippen molar-refractivity contribution in [1.82, 2.24) is 0 Å². The third-order valence-corrected chi connectivity index (χ3v) is 6.33. The standard InChI is InChI=1S/C29H40O2/c1-6-9-13-21(4)25-18-17-23(8-3)19-24(25)20-28(30)29(31)27-16-12-11-15-26(27)22(5)14-10-7-2/h11-12,15-22,30H,6-10,13-14H2,1-5H3. The van der Waals surface area contributed by atoms with Crippen LogP contribution in [0.1, 0.15) is 118 Å². The minimum Gasteiger partial charge on any atom is -0.504 e. The Labute approximate surface area is 189 Å². The van der Waals surface area contributed by atoms with Crippen LogP contribution < -0.4 is 0 Å². The fourth-order valence-corrected chi connectivity index (χ4v) is 4.23. The predicted octanol–water partition coefficient (Wildman–Crippen LogP) is 8.62. The lowest BCUT2D eigenvalue weighted by Gasteiger charge is -2.17. The molecular weight excluding hydrogens is 380 g/mol. The number of hydrogen-bond acceptors (Lipinski definition) is 2. The molecule has 2 nitrogen and oxygen atoms in total. The lowest BCUT2D eigenvalue weighted by Crippen LogP contribution is -2.09. The first-order chi connectivity index (χ1) is 14.9. The zero-order valence-electron chi connectivity index (χ0n) is 20.1. The molecule has 2 unspecified atom stereocenters. The van der Waals surface area contributed by atoms with Crippen LogP contribution in [0.2, 0.25) is 0 Å². The van der Waals surface area contributed by atoms with E-state index in [2.05, 4.69) is 52.8 Å². The Kier molecular flexibility index (Phi) is 10.0. The average Bonchev–Trinajstić information content (AvgIpc) is 2.80. The molecule has 31 heavy (non-hydrogen) atoms. The van der Waals surface area contributed by atoms with Crippen LogP contribution in [0.15, 0.2) is 48.2 Å². The molecule has 0 radical (unpaired) electrons. The summed E-state index contributed by atoms with van der Waals surface area (Å²) in [6.07, 6.45) is 9.38. The van der Waals surface area contributed by atoms with E-state index < -0.39 is 0 Å². The molecule has 0 aliphatic rings. The van der Waals surface area contributed by atoms with E-state index in [1.807, 2.05) is 24.3 Å². The van der Waals surface area contributed by atoms with Crippen LogP contribution in [0.3, 0.4) is 0 Å². The first-order valence-electron chi connectivity index (χ1n) is 12.1. The summed E-state index contributed by atoms with van der Waals surface area (Å²) in [6.45, 7) is 10.9. The summed E-state index contributed by atoms with van der Waals surface area (Å²) < 4.78 is 0. The van der Waals surface area contributed by atoms with Gasteiger partial charge in [0.05, 0.1) is 0 Å². The van der Waals surface area contributed by atoms with Crippen molar-refractivity contribution < 1.29 is 9.90 Å². The van der Waals surface area contributed by atoms with Crippen LogP contribution in [-0.2, 0) is 6.42 Å². The summed E-state index contributed by atoms with van der Waals surface area (Å²) in [5.74, 6) is 0.225. The number of ketones is 1. The van der Waals surface area contributed by atoms with Crippen molar-refractivity contribution in [2.24, 2.45) is 0 Å². The molecule has 2 heteroatoms. The van der Waals surface area contributed by atoms with Crippen molar-refractivity contribution in [1.29, 1.82) is 0 Å². The Morgan fingerprint density at radius 2 is 1.52 bits per heavy atom. The zero-order chi connectivity index (χ0) is 22.8. The van der Waals surface area contributed by atoms with Gasteiger partial charge in [0.25, 0.3) is 0 Å². The molecule has 0 aromatic heterocycles. The molecule has 0 fully saturated rings. The van der Waals surface area contributed by atoms with Gasteiger partial charge in [-0.25, -0.2) is 0 Å². The first kappa shape index (κ1) is 24.9. The number of carbonyl (C=O) groups is 1. The Hall–Kier alpha value is -2.35. The van der Waals surface area contributed by atoms with E-state index in [1.165, 1.54) is 24.0 Å². The summed E-state index contributed by atoms with van der Waals surface area (Å²) in [6, 6.07) is 14.2. The molecule has 2 rings (SSSR count). The fourth-order valence-electron chi connectivity index (χ4n) is 4.23. The molecule has 2 atom stereocenters. The smallest absolute Gasteiger partial charge is 0.227 e. The van der Waals surface area contributed by atoms with Gasteiger partial charge in [0.15, 0.2) is 5.76 Å². The van der Waals surface area contributed by atoms with Crippen LogP contribution in [-0.4, -0.2) is 10.9 Å². The van der Waals surface area contributed by atoms with E-state index in [4.69, 9.17) is 0 Å². The van der Waals surface area contributed by atoms with Gasteiger partial charge in [-0.1, -0.05) is 103 Å². The number of benzene rings is 2. The monoisotopic (exact) mass is 420 g/mol. The van der Waals surface area contributed by atoms with Crippen molar-refractivity contribution in [3.05, 3.63) is 76.0 Å². The van der Waals surface area contributed by atoms with Crippen molar-refractivity contribution in [2.75, 3.05) is 0 Å². The predicted molar refractivity (Wildman–Crippen MR) is 133 cm³/mol. The van der Waals surface area contributed by atoms with E-state index in [0.29, 0.717) is 17.4 Å². The Balaban J connectivity index is 2.40. The highest BCUT2D eigenvalue weighted by atomic mass is 16.3. The zero-order valence-corrected chi connectivity index (χ0v) is 20.1. The summed E-state index contributed by atoms with van der Waals surface area (Å²) in [5, 5.41) is 10.9. The van der Waals surface area contributed by atoms with Crippen molar-refractivity contribution >= 4 is 11.9 Å². The molecule has 0 aliphatic carbocycles. The third-order valence-electron chi connectivity index (χ3n) is 6.33. The fraction of sp³-hybridized carbons (Fsp3) is 0.483. The van der Waals surface area contributed by atoms with E-state index in [-0.39, 0.29) is 11.5 Å². The van der Waals surface area contributed by atoms with Gasteiger partial charge in [-0.3, -0.25) is 4.79 Å². The van der Waals surface area contributed by atoms with Crippen LogP contribution in [0.5, 0.6) is 0 Å². The van der Waals surface area contributed by atoms with Gasteiger partial charge in [0.1, 0.15) is 0 Å². The summed E-state index contributed by atoms with van der Waals surface area (Å²) in [7, 11) is 0. The number of carbonyl (C=O) groups excluding carboxylic acids is 1. The molecule has 2 aromatic rings. The molecule has 2 aromatic carbocycles. The van der Waals surface area contributed by atoms with E-state index >= 15 is 0 Å². The number of allylic oxidation sites excluding steroid dienone is 1. The number of hydrogen-bond donors (Lipinski definition) is 1. The number of aryl methyl sites for hydroxylation is 1. The minimum atomic E-state index is -0.284. The largest absolute Gasteiger partial charge is 0.504 e. The van der Waals surface area contributed by atoms with Crippen molar-refractivity contribution in [3.8, 4) is 0 Å². The van der Waals surface area contributed by atoms with Gasteiger partial charge in [-0.15, -0.1) is 0 Å². The van der Waals surface area contributed by atoms with Crippen LogP contribution >= 0.6 is 0 Å². The summed E-state index contributed by atoms with van der Waals surface area (Å²) in [5.41, 5.74) is 5.03. The molecule has 0 saturated carbocycles. The minimum absolute atomic E-state index is 0.174. The van der Waals surface area contributed by atoms with E-state index in [9.17, 15) is 9.90 Å². The summed E-state index contributed by atoms with van der Waals surface area (Å²) in [4.78, 5) is 13.2. The molecular formula is C29H40O2. The molecule has 0 heterocycles. The second kappa shape index (κ2) is 12.5. The number of rotatable bonds is 12. The van der Waals surface area contributed by atoms with E-state index in [0.717, 1.165) is 43.2 Å². The lowest BCUT2D eigenvalue weighted by molar-refractivity contribution is 0.0979. The first-order valence-corrected chi connectivity index (χ1v) is 12.1. The molecule has 0 aliphatic heterocycles. The highest BCUT2D eigenvalue weighted by Gasteiger charge is 2.19. The maximum absolute atomic E-state index is 13.2. The Morgan fingerprint density at radius 3 is 2.13 bits per heavy atom. The number of aliphatic hydroxyl groups excluding tert-OH is 1. The maximum atomic E-state index is 13.2. The van der Waals surface area contributed by atoms with Crippen LogP contribution in [0.4, 0.5) is 0 Å². The highest BCUT2D eigenvalue weighted by molar-refractivity contribution is 6.10. The topological polar surface area (TPSA) is 37.3 Å². The normalized spacial score (nSPS) is 13.8. The molecule has 0 amide bonds. The van der Waals surface area contributed by atoms with Crippen molar-refractivity contribution in [2.45, 2.75) is 91.4 Å². The van der Waals surface area contributed by atoms with Crippen molar-refractivity contribution in [3.63, 3.8) is 0 Å². The lowest BCUT2D eigenvalue weighted by atomic mass is 9.88. The van der Waals surface area contributed by atoms with Gasteiger partial charge in [-0.05, 0) is 59.4 Å².